The highest BCUT2D eigenvalue weighted by atomic mass is 32.2. The van der Waals surface area contributed by atoms with E-state index in [0.29, 0.717) is 0 Å². The second-order valence-corrected chi connectivity index (χ2v) is 6.62. The van der Waals surface area contributed by atoms with Crippen LogP contribution in [0.15, 0.2) is 18.2 Å². The Bertz CT molecular complexity index is 645. The average Bonchev–Trinajstić information content (AvgIpc) is 2.36. The van der Waals surface area contributed by atoms with Gasteiger partial charge in [-0.05, 0) is 24.6 Å². The third kappa shape index (κ3) is 6.21. The lowest BCUT2D eigenvalue weighted by atomic mass is 10.2. The standard InChI is InChI=1S/C12H15FN2O5S/c1-21(19,20)6-2-5-14-12(18)15-10-4-3-8(11(16)17)7-9(10)13/h3-4,7H,2,5-6H2,1H3,(H,16,17)(H2,14,15,18). The van der Waals surface area contributed by atoms with Crippen LogP contribution in [0.4, 0.5) is 14.9 Å². The smallest absolute Gasteiger partial charge is 0.335 e. The van der Waals surface area contributed by atoms with E-state index in [0.717, 1.165) is 24.5 Å². The van der Waals surface area contributed by atoms with Crippen molar-refractivity contribution in [3.05, 3.63) is 29.6 Å². The summed E-state index contributed by atoms with van der Waals surface area (Å²) in [5.74, 6) is -2.21. The highest BCUT2D eigenvalue weighted by Crippen LogP contribution is 2.15. The van der Waals surface area contributed by atoms with Gasteiger partial charge in [-0.25, -0.2) is 22.4 Å². The van der Waals surface area contributed by atoms with Crippen LogP contribution in [0, 0.1) is 5.82 Å². The molecule has 2 amide bonds. The number of amides is 2. The second-order valence-electron chi connectivity index (χ2n) is 4.36. The number of halogens is 1. The van der Waals surface area contributed by atoms with Crippen LogP contribution >= 0.6 is 0 Å². The van der Waals surface area contributed by atoms with Gasteiger partial charge in [-0.2, -0.15) is 0 Å². The first-order chi connectivity index (χ1) is 9.69. The molecule has 1 aromatic carbocycles. The minimum absolute atomic E-state index is 0.0606. The third-order valence-electron chi connectivity index (χ3n) is 2.44. The minimum atomic E-state index is -3.09. The molecule has 0 aromatic heterocycles. The van der Waals surface area contributed by atoms with Gasteiger partial charge < -0.3 is 15.7 Å². The van der Waals surface area contributed by atoms with E-state index < -0.39 is 27.7 Å². The zero-order valence-corrected chi connectivity index (χ0v) is 12.0. The first-order valence-corrected chi connectivity index (χ1v) is 8.00. The average molecular weight is 318 g/mol. The quantitative estimate of drug-likeness (QED) is 0.679. The molecular formula is C12H15FN2O5S. The van der Waals surface area contributed by atoms with E-state index >= 15 is 0 Å². The summed E-state index contributed by atoms with van der Waals surface area (Å²) in [6.07, 6.45) is 1.33. The summed E-state index contributed by atoms with van der Waals surface area (Å²) < 4.78 is 35.3. The Morgan fingerprint density at radius 1 is 1.33 bits per heavy atom. The molecule has 116 valence electrons. The number of aromatic carboxylic acids is 1. The van der Waals surface area contributed by atoms with Crippen molar-refractivity contribution < 1.29 is 27.5 Å². The van der Waals surface area contributed by atoms with Crippen molar-refractivity contribution in [2.45, 2.75) is 6.42 Å². The Hall–Kier alpha value is -2.16. The Kier molecular flexibility index (Phi) is 5.65. The maximum atomic E-state index is 13.5. The number of urea groups is 1. The zero-order chi connectivity index (χ0) is 16.0. The molecule has 0 radical (unpaired) electrons. The van der Waals surface area contributed by atoms with E-state index in [9.17, 15) is 22.4 Å². The zero-order valence-electron chi connectivity index (χ0n) is 11.2. The third-order valence-corrected chi connectivity index (χ3v) is 3.47. The lowest BCUT2D eigenvalue weighted by Crippen LogP contribution is -2.30. The molecule has 1 rings (SSSR count). The predicted molar refractivity (Wildman–Crippen MR) is 74.7 cm³/mol. The Morgan fingerprint density at radius 3 is 2.52 bits per heavy atom. The number of hydrogen-bond acceptors (Lipinski definition) is 4. The molecule has 21 heavy (non-hydrogen) atoms. The summed E-state index contributed by atoms with van der Waals surface area (Å²) in [6.45, 7) is 0.119. The summed E-state index contributed by atoms with van der Waals surface area (Å²) in [6, 6.07) is 2.38. The van der Waals surface area contributed by atoms with Crippen LogP contribution in [0.5, 0.6) is 0 Å². The van der Waals surface area contributed by atoms with Gasteiger partial charge in [-0.1, -0.05) is 0 Å². The van der Waals surface area contributed by atoms with Crippen molar-refractivity contribution >= 4 is 27.5 Å². The van der Waals surface area contributed by atoms with Crippen LogP contribution < -0.4 is 10.6 Å². The molecule has 0 fully saturated rings. The van der Waals surface area contributed by atoms with Crippen LogP contribution in [-0.4, -0.2) is 44.1 Å². The fraction of sp³-hybridized carbons (Fsp3) is 0.333. The molecule has 0 aliphatic heterocycles. The summed E-state index contributed by atoms with van der Waals surface area (Å²) >= 11 is 0. The van der Waals surface area contributed by atoms with E-state index in [2.05, 4.69) is 10.6 Å². The molecule has 3 N–H and O–H groups in total. The normalized spacial score (nSPS) is 11.0. The van der Waals surface area contributed by atoms with Crippen molar-refractivity contribution in [2.75, 3.05) is 23.9 Å². The highest BCUT2D eigenvalue weighted by Gasteiger charge is 2.10. The fourth-order valence-electron chi connectivity index (χ4n) is 1.45. The van der Waals surface area contributed by atoms with Crippen molar-refractivity contribution in [2.24, 2.45) is 0 Å². The van der Waals surface area contributed by atoms with Crippen molar-refractivity contribution in [1.29, 1.82) is 0 Å². The molecule has 1 aromatic rings. The van der Waals surface area contributed by atoms with E-state index in [-0.39, 0.29) is 30.0 Å². The second kappa shape index (κ2) is 7.02. The predicted octanol–water partition coefficient (Wildman–Crippen LogP) is 1.08. The van der Waals surface area contributed by atoms with Gasteiger partial charge in [0.25, 0.3) is 0 Å². The molecule has 0 spiro atoms. The van der Waals surface area contributed by atoms with Crippen LogP contribution in [-0.2, 0) is 9.84 Å². The molecule has 0 heterocycles. The van der Waals surface area contributed by atoms with E-state index in [1.807, 2.05) is 0 Å². The maximum absolute atomic E-state index is 13.5. The molecular weight excluding hydrogens is 303 g/mol. The number of sulfone groups is 1. The molecule has 0 aliphatic rings. The topological polar surface area (TPSA) is 113 Å². The van der Waals surface area contributed by atoms with Gasteiger partial charge in [0.15, 0.2) is 0 Å². The minimum Gasteiger partial charge on any atom is -0.478 e. The fourth-order valence-corrected chi connectivity index (χ4v) is 2.12. The van der Waals surface area contributed by atoms with Gasteiger partial charge in [-0.15, -0.1) is 0 Å². The highest BCUT2D eigenvalue weighted by molar-refractivity contribution is 7.90. The molecule has 0 aliphatic carbocycles. The van der Waals surface area contributed by atoms with Crippen molar-refractivity contribution in [3.63, 3.8) is 0 Å². The van der Waals surface area contributed by atoms with E-state index in [1.165, 1.54) is 0 Å². The molecule has 0 saturated carbocycles. The van der Waals surface area contributed by atoms with Gasteiger partial charge in [0.2, 0.25) is 0 Å². The lowest BCUT2D eigenvalue weighted by Gasteiger charge is -2.08. The first-order valence-electron chi connectivity index (χ1n) is 5.94. The monoisotopic (exact) mass is 318 g/mol. The number of hydrogen-bond donors (Lipinski definition) is 3. The summed E-state index contributed by atoms with van der Waals surface area (Å²) in [4.78, 5) is 22.1. The number of anilines is 1. The van der Waals surface area contributed by atoms with Gasteiger partial charge in [0, 0.05) is 12.8 Å². The summed E-state index contributed by atoms with van der Waals surface area (Å²) in [5.41, 5.74) is -0.396. The first kappa shape index (κ1) is 16.9. The Labute approximate surface area is 121 Å². The maximum Gasteiger partial charge on any atom is 0.335 e. The number of rotatable bonds is 6. The summed E-state index contributed by atoms with van der Waals surface area (Å²) in [7, 11) is -3.09. The number of nitrogens with one attached hydrogen (secondary N) is 2. The lowest BCUT2D eigenvalue weighted by molar-refractivity contribution is 0.0696. The summed E-state index contributed by atoms with van der Waals surface area (Å²) in [5, 5.41) is 13.3. The van der Waals surface area contributed by atoms with Gasteiger partial charge in [0.1, 0.15) is 15.7 Å². The number of carbonyl (C=O) groups is 2. The Morgan fingerprint density at radius 2 is 2.00 bits per heavy atom. The van der Waals surface area contributed by atoms with Gasteiger partial charge >= 0.3 is 12.0 Å². The largest absolute Gasteiger partial charge is 0.478 e. The molecule has 7 nitrogen and oxygen atoms in total. The van der Waals surface area contributed by atoms with Crippen molar-refractivity contribution in [3.8, 4) is 0 Å². The van der Waals surface area contributed by atoms with E-state index in [1.54, 1.807) is 0 Å². The van der Waals surface area contributed by atoms with Crippen LogP contribution in [0.2, 0.25) is 0 Å². The molecule has 0 saturated heterocycles. The number of carboxylic acids is 1. The number of benzene rings is 1. The number of carbonyl (C=O) groups excluding carboxylic acids is 1. The molecule has 0 unspecified atom stereocenters. The molecule has 9 heteroatoms. The Balaban J connectivity index is 2.50. The van der Waals surface area contributed by atoms with Crippen molar-refractivity contribution in [1.82, 2.24) is 5.32 Å². The van der Waals surface area contributed by atoms with Gasteiger partial charge in [-0.3, -0.25) is 0 Å². The van der Waals surface area contributed by atoms with E-state index in [4.69, 9.17) is 5.11 Å². The van der Waals surface area contributed by atoms with Crippen LogP contribution in [0.3, 0.4) is 0 Å². The SMILES string of the molecule is CS(=O)(=O)CCCNC(=O)Nc1ccc(C(=O)O)cc1F. The molecule has 0 bridgehead atoms. The van der Waals surface area contributed by atoms with Crippen LogP contribution in [0.1, 0.15) is 16.8 Å². The van der Waals surface area contributed by atoms with Crippen LogP contribution in [0.25, 0.3) is 0 Å². The molecule has 0 atom stereocenters. The van der Waals surface area contributed by atoms with Gasteiger partial charge in [0.05, 0.1) is 17.0 Å². The number of carboxylic acid groups (broad SMARTS) is 1.